The molecule has 0 aliphatic carbocycles. The number of rotatable bonds is 6. The molecule has 0 amide bonds. The van der Waals surface area contributed by atoms with Crippen molar-refractivity contribution in [2.45, 2.75) is 40.2 Å². The molecule has 3 aromatic rings. The Morgan fingerprint density at radius 3 is 2.46 bits per heavy atom. The van der Waals surface area contributed by atoms with E-state index >= 15 is 0 Å². The molecule has 2 aromatic heterocycles. The first-order chi connectivity index (χ1) is 13.1. The molecular formula is C20H26N4O3S. The Morgan fingerprint density at radius 1 is 1.14 bits per heavy atom. The maximum absolute atomic E-state index is 12.1. The van der Waals surface area contributed by atoms with Crippen LogP contribution in [0.5, 0.6) is 0 Å². The van der Waals surface area contributed by atoms with Gasteiger partial charge in [-0.3, -0.25) is 9.52 Å². The van der Waals surface area contributed by atoms with Crippen molar-refractivity contribution in [1.29, 1.82) is 0 Å². The molecular weight excluding hydrogens is 376 g/mol. The lowest BCUT2D eigenvalue weighted by Gasteiger charge is -2.12. The largest absolute Gasteiger partial charge is 0.328 e. The summed E-state index contributed by atoms with van der Waals surface area (Å²) in [5.74, 6) is 0.841. The molecule has 1 aromatic carbocycles. The van der Waals surface area contributed by atoms with Gasteiger partial charge in [-0.25, -0.2) is 13.4 Å². The minimum atomic E-state index is -3.47. The first-order valence-electron chi connectivity index (χ1n) is 9.27. The van der Waals surface area contributed by atoms with E-state index in [-0.39, 0.29) is 5.56 Å². The van der Waals surface area contributed by atoms with Crippen LogP contribution in [-0.2, 0) is 23.6 Å². The maximum Gasteiger partial charge on any atom is 0.253 e. The number of aromatic nitrogens is 3. The van der Waals surface area contributed by atoms with E-state index in [1.165, 1.54) is 4.57 Å². The van der Waals surface area contributed by atoms with Crippen LogP contribution < -0.4 is 10.3 Å². The number of sulfonamides is 1. The summed E-state index contributed by atoms with van der Waals surface area (Å²) in [7, 11) is -1.75. The second-order valence-electron chi connectivity index (χ2n) is 7.26. The lowest BCUT2D eigenvalue weighted by molar-refractivity contribution is 0.607. The van der Waals surface area contributed by atoms with Gasteiger partial charge in [0.05, 0.1) is 17.5 Å². The molecule has 0 bridgehead atoms. The Labute approximate surface area is 165 Å². The quantitative estimate of drug-likeness (QED) is 0.686. The van der Waals surface area contributed by atoms with Crippen LogP contribution in [0.1, 0.15) is 31.2 Å². The van der Waals surface area contributed by atoms with E-state index in [9.17, 15) is 13.2 Å². The topological polar surface area (TPSA) is 86.0 Å². The van der Waals surface area contributed by atoms with Gasteiger partial charge in [-0.05, 0) is 49.6 Å². The number of imidazole rings is 1. The fourth-order valence-electron chi connectivity index (χ4n) is 3.42. The van der Waals surface area contributed by atoms with E-state index in [1.54, 1.807) is 26.2 Å². The number of anilines is 1. The molecule has 2 heterocycles. The Hall–Kier alpha value is -2.61. The highest BCUT2D eigenvalue weighted by molar-refractivity contribution is 7.92. The predicted octanol–water partition coefficient (Wildman–Crippen LogP) is 3.19. The van der Waals surface area contributed by atoms with Crippen LogP contribution in [0.4, 0.5) is 5.69 Å². The second-order valence-corrected chi connectivity index (χ2v) is 9.01. The van der Waals surface area contributed by atoms with E-state index in [4.69, 9.17) is 0 Å². The minimum Gasteiger partial charge on any atom is -0.328 e. The van der Waals surface area contributed by atoms with Gasteiger partial charge in [0.15, 0.2) is 0 Å². The molecule has 8 heteroatoms. The molecule has 28 heavy (non-hydrogen) atoms. The Bertz CT molecular complexity index is 1180. The van der Waals surface area contributed by atoms with Crippen molar-refractivity contribution in [1.82, 2.24) is 14.1 Å². The number of unbranched alkanes of at least 4 members (excludes halogenated alkanes) is 1. The van der Waals surface area contributed by atoms with E-state index in [2.05, 4.69) is 21.2 Å². The van der Waals surface area contributed by atoms with Crippen molar-refractivity contribution in [2.24, 2.45) is 7.05 Å². The van der Waals surface area contributed by atoms with Crippen LogP contribution >= 0.6 is 0 Å². The number of hydrogen-bond donors (Lipinski definition) is 1. The van der Waals surface area contributed by atoms with Gasteiger partial charge in [0.25, 0.3) is 5.56 Å². The summed E-state index contributed by atoms with van der Waals surface area (Å²) in [4.78, 5) is 16.7. The minimum absolute atomic E-state index is 0.0526. The summed E-state index contributed by atoms with van der Waals surface area (Å²) < 4.78 is 30.1. The Balaban J connectivity index is 2.30. The molecule has 0 unspecified atom stereocenters. The van der Waals surface area contributed by atoms with Crippen LogP contribution in [0.3, 0.4) is 0 Å². The second kappa shape index (κ2) is 7.43. The van der Waals surface area contributed by atoms with Crippen molar-refractivity contribution in [3.05, 3.63) is 46.1 Å². The Kier molecular flexibility index (Phi) is 5.34. The van der Waals surface area contributed by atoms with Gasteiger partial charge in [-0.1, -0.05) is 13.3 Å². The first kappa shape index (κ1) is 20.1. The highest BCUT2D eigenvalue weighted by Crippen LogP contribution is 2.32. The van der Waals surface area contributed by atoms with E-state index in [0.29, 0.717) is 16.8 Å². The van der Waals surface area contributed by atoms with Crippen molar-refractivity contribution in [2.75, 3.05) is 11.0 Å². The molecule has 3 rings (SSSR count). The zero-order valence-corrected chi connectivity index (χ0v) is 17.7. The summed E-state index contributed by atoms with van der Waals surface area (Å²) in [6.45, 7) is 6.64. The molecule has 0 aliphatic rings. The number of pyridine rings is 1. The molecule has 0 saturated carbocycles. The summed E-state index contributed by atoms with van der Waals surface area (Å²) in [5, 5.41) is 0. The van der Waals surface area contributed by atoms with Crippen LogP contribution in [0, 0.1) is 13.8 Å². The van der Waals surface area contributed by atoms with Crippen molar-refractivity contribution < 1.29 is 8.42 Å². The fraction of sp³-hybridized carbons (Fsp3) is 0.400. The molecule has 0 spiro atoms. The standard InChI is InChI=1S/C20H26N4O3S/c1-6-7-8-24-14(3)21-19-17(22-28(5,26)27)10-15(11-18(19)24)16-9-13(2)20(25)23(4)12-16/h9-12,22H,6-8H2,1-5H3. The lowest BCUT2D eigenvalue weighted by atomic mass is 10.0. The normalized spacial score (nSPS) is 11.9. The van der Waals surface area contributed by atoms with Crippen LogP contribution in [0.2, 0.25) is 0 Å². The third kappa shape index (κ3) is 3.96. The molecule has 0 fully saturated rings. The van der Waals surface area contributed by atoms with Gasteiger partial charge in [0.1, 0.15) is 11.3 Å². The molecule has 150 valence electrons. The number of nitrogens with one attached hydrogen (secondary N) is 1. The molecule has 0 radical (unpaired) electrons. The zero-order chi connectivity index (χ0) is 20.6. The lowest BCUT2D eigenvalue weighted by Crippen LogP contribution is -2.18. The summed E-state index contributed by atoms with van der Waals surface area (Å²) in [5.41, 5.74) is 4.20. The van der Waals surface area contributed by atoms with Crippen LogP contribution in [-0.4, -0.2) is 28.8 Å². The van der Waals surface area contributed by atoms with E-state index in [1.807, 2.05) is 19.1 Å². The van der Waals surface area contributed by atoms with Gasteiger partial charge in [-0.15, -0.1) is 0 Å². The summed E-state index contributed by atoms with van der Waals surface area (Å²) in [6, 6.07) is 5.62. The maximum atomic E-state index is 12.1. The number of fused-ring (bicyclic) bond motifs is 1. The number of aryl methyl sites for hydroxylation is 4. The number of benzene rings is 1. The number of hydrogen-bond acceptors (Lipinski definition) is 4. The van der Waals surface area contributed by atoms with Crippen LogP contribution in [0.25, 0.3) is 22.2 Å². The predicted molar refractivity (Wildman–Crippen MR) is 113 cm³/mol. The number of nitrogens with zero attached hydrogens (tertiary/aromatic N) is 3. The highest BCUT2D eigenvalue weighted by Gasteiger charge is 2.16. The summed E-state index contributed by atoms with van der Waals surface area (Å²) >= 11 is 0. The van der Waals surface area contributed by atoms with Gasteiger partial charge >= 0.3 is 0 Å². The average molecular weight is 403 g/mol. The fourth-order valence-corrected chi connectivity index (χ4v) is 3.97. The molecule has 0 atom stereocenters. The third-order valence-electron chi connectivity index (χ3n) is 4.77. The monoisotopic (exact) mass is 402 g/mol. The van der Waals surface area contributed by atoms with Gasteiger partial charge in [0, 0.05) is 25.4 Å². The van der Waals surface area contributed by atoms with Gasteiger partial charge < -0.3 is 9.13 Å². The average Bonchev–Trinajstić information content (AvgIpc) is 2.91. The van der Waals surface area contributed by atoms with Crippen molar-refractivity contribution in [3.8, 4) is 11.1 Å². The first-order valence-corrected chi connectivity index (χ1v) is 11.2. The Morgan fingerprint density at radius 2 is 1.86 bits per heavy atom. The molecule has 0 saturated heterocycles. The van der Waals surface area contributed by atoms with E-state index < -0.39 is 10.0 Å². The molecule has 7 nitrogen and oxygen atoms in total. The molecule has 0 aliphatic heterocycles. The van der Waals surface area contributed by atoms with Gasteiger partial charge in [-0.2, -0.15) is 0 Å². The molecule has 1 N–H and O–H groups in total. The summed E-state index contributed by atoms with van der Waals surface area (Å²) in [6.07, 6.45) is 4.95. The van der Waals surface area contributed by atoms with Crippen LogP contribution in [0.15, 0.2) is 29.2 Å². The van der Waals surface area contributed by atoms with E-state index in [0.717, 1.165) is 48.1 Å². The van der Waals surface area contributed by atoms with Crippen molar-refractivity contribution in [3.63, 3.8) is 0 Å². The van der Waals surface area contributed by atoms with Gasteiger partial charge in [0.2, 0.25) is 10.0 Å². The highest BCUT2D eigenvalue weighted by atomic mass is 32.2. The SMILES string of the molecule is CCCCn1c(C)nc2c(NS(C)(=O)=O)cc(-c3cc(C)c(=O)n(C)c3)cc21. The van der Waals surface area contributed by atoms with Crippen molar-refractivity contribution >= 4 is 26.7 Å². The zero-order valence-electron chi connectivity index (χ0n) is 16.9. The third-order valence-corrected chi connectivity index (χ3v) is 5.36. The smallest absolute Gasteiger partial charge is 0.253 e.